The maximum atomic E-state index is 12.0. The largest absolute Gasteiger partial charge is 0.573 e. The molecule has 1 rings (SSSR count). The minimum absolute atomic E-state index is 0.129. The maximum absolute atomic E-state index is 12.0. The molecule has 0 fully saturated rings. The predicted octanol–water partition coefficient (Wildman–Crippen LogP) is 3.96. The molecule has 0 aliphatic carbocycles. The van der Waals surface area contributed by atoms with Gasteiger partial charge in [-0.05, 0) is 30.7 Å². The van der Waals surface area contributed by atoms with Gasteiger partial charge in [-0.3, -0.25) is 4.79 Å². The van der Waals surface area contributed by atoms with Gasteiger partial charge in [-0.1, -0.05) is 20.3 Å². The van der Waals surface area contributed by atoms with Crippen LogP contribution < -0.4 is 10.1 Å². The van der Waals surface area contributed by atoms with Gasteiger partial charge in [-0.15, -0.1) is 13.2 Å². The fourth-order valence-electron chi connectivity index (χ4n) is 1.57. The van der Waals surface area contributed by atoms with Gasteiger partial charge in [0.25, 0.3) is 0 Å². The van der Waals surface area contributed by atoms with E-state index >= 15 is 0 Å². The molecule has 0 heterocycles. The number of ether oxygens (including phenoxy) is 1. The normalized spacial score (nSPS) is 12.9. The SMILES string of the molecule is CCCC(C)C(=O)Nc1ccc(OC(F)(F)F)cc1. The van der Waals surface area contributed by atoms with Gasteiger partial charge in [0.1, 0.15) is 5.75 Å². The molecular weight excluding hydrogens is 259 g/mol. The lowest BCUT2D eigenvalue weighted by molar-refractivity contribution is -0.274. The van der Waals surface area contributed by atoms with Crippen LogP contribution in [-0.2, 0) is 4.79 Å². The predicted molar refractivity (Wildman–Crippen MR) is 65.8 cm³/mol. The Hall–Kier alpha value is -1.72. The molecule has 106 valence electrons. The molecule has 0 radical (unpaired) electrons. The third-order valence-corrected chi connectivity index (χ3v) is 2.52. The number of carbonyl (C=O) groups is 1. The van der Waals surface area contributed by atoms with Crippen molar-refractivity contribution in [2.24, 2.45) is 5.92 Å². The van der Waals surface area contributed by atoms with Crippen LogP contribution in [0.15, 0.2) is 24.3 Å². The molecule has 0 saturated carbocycles. The minimum atomic E-state index is -4.71. The molecule has 0 spiro atoms. The number of amides is 1. The molecule has 19 heavy (non-hydrogen) atoms. The van der Waals surface area contributed by atoms with E-state index in [2.05, 4.69) is 10.1 Å². The van der Waals surface area contributed by atoms with Gasteiger partial charge in [0.2, 0.25) is 5.91 Å². The summed E-state index contributed by atoms with van der Waals surface area (Å²) in [6.45, 7) is 3.78. The van der Waals surface area contributed by atoms with Crippen molar-refractivity contribution in [2.75, 3.05) is 5.32 Å². The summed E-state index contributed by atoms with van der Waals surface area (Å²) in [6, 6.07) is 5.07. The van der Waals surface area contributed by atoms with E-state index < -0.39 is 6.36 Å². The van der Waals surface area contributed by atoms with Crippen LogP contribution in [0.4, 0.5) is 18.9 Å². The van der Waals surface area contributed by atoms with Crippen molar-refractivity contribution >= 4 is 11.6 Å². The van der Waals surface area contributed by atoms with E-state index in [0.717, 1.165) is 25.0 Å². The molecule has 1 unspecified atom stereocenters. The highest BCUT2D eigenvalue weighted by Crippen LogP contribution is 2.24. The van der Waals surface area contributed by atoms with Gasteiger partial charge < -0.3 is 10.1 Å². The van der Waals surface area contributed by atoms with Crippen LogP contribution in [0.25, 0.3) is 0 Å². The summed E-state index contributed by atoms with van der Waals surface area (Å²) < 4.78 is 39.6. The van der Waals surface area contributed by atoms with E-state index in [4.69, 9.17) is 0 Å². The van der Waals surface area contributed by atoms with E-state index in [9.17, 15) is 18.0 Å². The van der Waals surface area contributed by atoms with E-state index in [1.54, 1.807) is 6.92 Å². The van der Waals surface area contributed by atoms with Crippen LogP contribution >= 0.6 is 0 Å². The van der Waals surface area contributed by atoms with Crippen molar-refractivity contribution in [1.82, 2.24) is 0 Å². The quantitative estimate of drug-likeness (QED) is 0.883. The van der Waals surface area contributed by atoms with E-state index in [0.29, 0.717) is 5.69 Å². The Kier molecular flexibility index (Phi) is 5.20. The molecule has 0 saturated heterocycles. The van der Waals surface area contributed by atoms with E-state index in [1.807, 2.05) is 6.92 Å². The van der Waals surface area contributed by atoms with Crippen LogP contribution in [0.3, 0.4) is 0 Å². The Morgan fingerprint density at radius 2 is 1.89 bits per heavy atom. The zero-order valence-electron chi connectivity index (χ0n) is 10.8. The number of hydrogen-bond acceptors (Lipinski definition) is 2. The van der Waals surface area contributed by atoms with Crippen molar-refractivity contribution in [3.05, 3.63) is 24.3 Å². The summed E-state index contributed by atoms with van der Waals surface area (Å²) in [4.78, 5) is 11.7. The summed E-state index contributed by atoms with van der Waals surface area (Å²) >= 11 is 0. The number of anilines is 1. The van der Waals surface area contributed by atoms with Gasteiger partial charge in [0.05, 0.1) is 0 Å². The van der Waals surface area contributed by atoms with E-state index in [-0.39, 0.29) is 17.6 Å². The molecule has 6 heteroatoms. The second-order valence-electron chi connectivity index (χ2n) is 4.25. The number of hydrogen-bond donors (Lipinski definition) is 1. The zero-order chi connectivity index (χ0) is 14.5. The second kappa shape index (κ2) is 6.45. The molecule has 0 aliphatic rings. The first-order valence-electron chi connectivity index (χ1n) is 5.98. The highest BCUT2D eigenvalue weighted by atomic mass is 19.4. The molecule has 0 aliphatic heterocycles. The Bertz CT molecular complexity index is 415. The molecule has 1 amide bonds. The Balaban J connectivity index is 2.59. The number of benzene rings is 1. The fraction of sp³-hybridized carbons (Fsp3) is 0.462. The highest BCUT2D eigenvalue weighted by Gasteiger charge is 2.30. The molecule has 1 N–H and O–H groups in total. The summed E-state index contributed by atoms with van der Waals surface area (Å²) in [5, 5.41) is 2.64. The third-order valence-electron chi connectivity index (χ3n) is 2.52. The van der Waals surface area contributed by atoms with Crippen molar-refractivity contribution in [1.29, 1.82) is 0 Å². The molecule has 1 atom stereocenters. The van der Waals surface area contributed by atoms with Crippen molar-refractivity contribution in [2.45, 2.75) is 33.1 Å². The third kappa shape index (κ3) is 5.63. The lowest BCUT2D eigenvalue weighted by atomic mass is 10.1. The first-order chi connectivity index (χ1) is 8.81. The van der Waals surface area contributed by atoms with Crippen LogP contribution in [0, 0.1) is 5.92 Å². The standard InChI is InChI=1S/C13H16F3NO2/c1-3-4-9(2)12(18)17-10-5-7-11(8-6-10)19-13(14,15)16/h5-9H,3-4H2,1-2H3,(H,17,18). The number of carbonyl (C=O) groups excluding carboxylic acids is 1. The number of nitrogens with one attached hydrogen (secondary N) is 1. The van der Waals surface area contributed by atoms with Gasteiger partial charge >= 0.3 is 6.36 Å². The van der Waals surface area contributed by atoms with E-state index in [1.165, 1.54) is 12.1 Å². The van der Waals surface area contributed by atoms with Gasteiger partial charge in [-0.25, -0.2) is 0 Å². The summed E-state index contributed by atoms with van der Waals surface area (Å²) in [6.07, 6.45) is -3.05. The lowest BCUT2D eigenvalue weighted by Crippen LogP contribution is -2.20. The van der Waals surface area contributed by atoms with Gasteiger partial charge in [0, 0.05) is 11.6 Å². The average Bonchev–Trinajstić information content (AvgIpc) is 2.30. The highest BCUT2D eigenvalue weighted by molar-refractivity contribution is 5.92. The van der Waals surface area contributed by atoms with Crippen LogP contribution in [0.2, 0.25) is 0 Å². The smallest absolute Gasteiger partial charge is 0.406 e. The molecule has 1 aromatic rings. The summed E-state index contributed by atoms with van der Waals surface area (Å²) in [7, 11) is 0. The number of alkyl halides is 3. The molecule has 0 aromatic heterocycles. The first-order valence-corrected chi connectivity index (χ1v) is 5.98. The molecule has 3 nitrogen and oxygen atoms in total. The van der Waals surface area contributed by atoms with Crippen molar-refractivity contribution < 1.29 is 22.7 Å². The second-order valence-corrected chi connectivity index (χ2v) is 4.25. The number of halogens is 3. The zero-order valence-corrected chi connectivity index (χ0v) is 10.8. The Labute approximate surface area is 109 Å². The molecule has 0 bridgehead atoms. The summed E-state index contributed by atoms with van der Waals surface area (Å²) in [5.74, 6) is -0.588. The Morgan fingerprint density at radius 3 is 2.37 bits per heavy atom. The molecule has 1 aromatic carbocycles. The minimum Gasteiger partial charge on any atom is -0.406 e. The van der Waals surface area contributed by atoms with Crippen LogP contribution in [0.1, 0.15) is 26.7 Å². The first kappa shape index (κ1) is 15.3. The summed E-state index contributed by atoms with van der Waals surface area (Å²) in [5.41, 5.74) is 0.447. The lowest BCUT2D eigenvalue weighted by Gasteiger charge is -2.12. The van der Waals surface area contributed by atoms with Crippen LogP contribution in [-0.4, -0.2) is 12.3 Å². The average molecular weight is 275 g/mol. The fourth-order valence-corrected chi connectivity index (χ4v) is 1.57. The van der Waals surface area contributed by atoms with Gasteiger partial charge in [0.15, 0.2) is 0 Å². The number of rotatable bonds is 5. The topological polar surface area (TPSA) is 38.3 Å². The monoisotopic (exact) mass is 275 g/mol. The van der Waals surface area contributed by atoms with Crippen molar-refractivity contribution in [3.63, 3.8) is 0 Å². The Morgan fingerprint density at radius 1 is 1.32 bits per heavy atom. The van der Waals surface area contributed by atoms with Crippen molar-refractivity contribution in [3.8, 4) is 5.75 Å². The maximum Gasteiger partial charge on any atom is 0.573 e. The van der Waals surface area contributed by atoms with Crippen LogP contribution in [0.5, 0.6) is 5.75 Å². The molecular formula is C13H16F3NO2. The van der Waals surface area contributed by atoms with Gasteiger partial charge in [-0.2, -0.15) is 0 Å².